The SMILES string of the molecule is CCCCCCCCOc1ccc(CC(=O)OCC)cc1. The lowest BCUT2D eigenvalue weighted by Crippen LogP contribution is -2.07. The minimum atomic E-state index is -0.182. The highest BCUT2D eigenvalue weighted by Crippen LogP contribution is 2.14. The summed E-state index contributed by atoms with van der Waals surface area (Å²) < 4.78 is 10.6. The van der Waals surface area contributed by atoms with Crippen molar-refractivity contribution >= 4 is 5.97 Å². The Kier molecular flexibility index (Phi) is 9.34. The molecule has 1 rings (SSSR count). The van der Waals surface area contributed by atoms with E-state index < -0.39 is 0 Å². The van der Waals surface area contributed by atoms with Crippen molar-refractivity contribution in [1.29, 1.82) is 0 Å². The van der Waals surface area contributed by atoms with Gasteiger partial charge >= 0.3 is 5.97 Å². The summed E-state index contributed by atoms with van der Waals surface area (Å²) in [4.78, 5) is 11.4. The molecule has 0 saturated heterocycles. The first-order valence-electron chi connectivity index (χ1n) is 8.13. The molecule has 0 aliphatic carbocycles. The highest BCUT2D eigenvalue weighted by molar-refractivity contribution is 5.72. The van der Waals surface area contributed by atoms with E-state index in [0.29, 0.717) is 13.0 Å². The Hall–Kier alpha value is -1.51. The molecule has 0 N–H and O–H groups in total. The second kappa shape index (κ2) is 11.2. The number of benzene rings is 1. The maximum atomic E-state index is 11.4. The van der Waals surface area contributed by atoms with Crippen LogP contribution < -0.4 is 4.74 Å². The molecular weight excluding hydrogens is 264 g/mol. The van der Waals surface area contributed by atoms with Crippen LogP contribution in [0.15, 0.2) is 24.3 Å². The molecule has 0 aromatic heterocycles. The fourth-order valence-corrected chi connectivity index (χ4v) is 2.15. The largest absolute Gasteiger partial charge is 0.494 e. The average Bonchev–Trinajstić information content (AvgIpc) is 2.48. The van der Waals surface area contributed by atoms with Crippen LogP contribution >= 0.6 is 0 Å². The number of carbonyl (C=O) groups is 1. The molecule has 0 aliphatic rings. The molecule has 0 saturated carbocycles. The van der Waals surface area contributed by atoms with Gasteiger partial charge in [0.2, 0.25) is 0 Å². The number of unbranched alkanes of at least 4 members (excludes halogenated alkanes) is 5. The summed E-state index contributed by atoms with van der Waals surface area (Å²) >= 11 is 0. The topological polar surface area (TPSA) is 35.5 Å². The van der Waals surface area contributed by atoms with Gasteiger partial charge in [0.25, 0.3) is 0 Å². The smallest absolute Gasteiger partial charge is 0.310 e. The van der Waals surface area contributed by atoms with Crippen LogP contribution in [-0.2, 0) is 16.0 Å². The second-order valence-corrected chi connectivity index (χ2v) is 5.24. The predicted octanol–water partition coefficient (Wildman–Crippen LogP) is 4.53. The zero-order chi connectivity index (χ0) is 15.3. The number of ether oxygens (including phenoxy) is 2. The highest BCUT2D eigenvalue weighted by atomic mass is 16.5. The number of rotatable bonds is 11. The molecule has 1 aromatic carbocycles. The van der Waals surface area contributed by atoms with Crippen molar-refractivity contribution in [3.8, 4) is 5.75 Å². The van der Waals surface area contributed by atoms with E-state index in [4.69, 9.17) is 9.47 Å². The van der Waals surface area contributed by atoms with Gasteiger partial charge < -0.3 is 9.47 Å². The fourth-order valence-electron chi connectivity index (χ4n) is 2.15. The highest BCUT2D eigenvalue weighted by Gasteiger charge is 2.03. The van der Waals surface area contributed by atoms with E-state index in [1.165, 1.54) is 32.1 Å². The summed E-state index contributed by atoms with van der Waals surface area (Å²) in [6.07, 6.45) is 7.92. The Labute approximate surface area is 128 Å². The molecule has 118 valence electrons. The van der Waals surface area contributed by atoms with Crippen molar-refractivity contribution in [2.24, 2.45) is 0 Å². The van der Waals surface area contributed by atoms with Gasteiger partial charge in [-0.05, 0) is 31.0 Å². The van der Waals surface area contributed by atoms with Crippen molar-refractivity contribution in [3.05, 3.63) is 29.8 Å². The van der Waals surface area contributed by atoms with Gasteiger partial charge in [0, 0.05) is 0 Å². The standard InChI is InChI=1S/C18H28O3/c1-3-5-6-7-8-9-14-21-17-12-10-16(11-13-17)15-18(19)20-4-2/h10-13H,3-9,14-15H2,1-2H3. The molecule has 0 spiro atoms. The molecule has 3 nitrogen and oxygen atoms in total. The third kappa shape index (κ3) is 8.38. The van der Waals surface area contributed by atoms with E-state index in [1.54, 1.807) is 0 Å². The van der Waals surface area contributed by atoms with Gasteiger partial charge in [0.15, 0.2) is 0 Å². The first-order valence-corrected chi connectivity index (χ1v) is 8.13. The van der Waals surface area contributed by atoms with Crippen molar-refractivity contribution in [1.82, 2.24) is 0 Å². The third-order valence-electron chi connectivity index (χ3n) is 3.34. The molecule has 0 bridgehead atoms. The number of esters is 1. The van der Waals surface area contributed by atoms with Crippen LogP contribution in [-0.4, -0.2) is 19.2 Å². The van der Waals surface area contributed by atoms with Crippen LogP contribution in [0.5, 0.6) is 5.75 Å². The maximum Gasteiger partial charge on any atom is 0.310 e. The van der Waals surface area contributed by atoms with Crippen LogP contribution in [0, 0.1) is 0 Å². The minimum absolute atomic E-state index is 0.182. The minimum Gasteiger partial charge on any atom is -0.494 e. The Morgan fingerprint density at radius 3 is 2.29 bits per heavy atom. The van der Waals surface area contributed by atoms with E-state index >= 15 is 0 Å². The number of hydrogen-bond donors (Lipinski definition) is 0. The number of carbonyl (C=O) groups excluding carboxylic acids is 1. The molecule has 0 atom stereocenters. The van der Waals surface area contributed by atoms with Crippen LogP contribution in [0.25, 0.3) is 0 Å². The molecule has 21 heavy (non-hydrogen) atoms. The Morgan fingerprint density at radius 1 is 0.952 bits per heavy atom. The molecule has 0 amide bonds. The Balaban J connectivity index is 2.17. The zero-order valence-electron chi connectivity index (χ0n) is 13.4. The Bertz CT molecular complexity index is 384. The summed E-state index contributed by atoms with van der Waals surface area (Å²) in [5.41, 5.74) is 0.959. The molecule has 0 unspecified atom stereocenters. The van der Waals surface area contributed by atoms with Crippen LogP contribution in [0.4, 0.5) is 0 Å². The van der Waals surface area contributed by atoms with E-state index in [1.807, 2.05) is 31.2 Å². The first-order chi connectivity index (χ1) is 10.3. The average molecular weight is 292 g/mol. The van der Waals surface area contributed by atoms with Crippen molar-refractivity contribution in [2.45, 2.75) is 58.8 Å². The van der Waals surface area contributed by atoms with Crippen LogP contribution in [0.3, 0.4) is 0 Å². The number of hydrogen-bond acceptors (Lipinski definition) is 3. The molecule has 0 radical (unpaired) electrons. The van der Waals surface area contributed by atoms with Crippen molar-refractivity contribution in [3.63, 3.8) is 0 Å². The molecular formula is C18H28O3. The van der Waals surface area contributed by atoms with Gasteiger partial charge in [0.05, 0.1) is 19.6 Å². The van der Waals surface area contributed by atoms with Gasteiger partial charge in [-0.1, -0.05) is 51.2 Å². The summed E-state index contributed by atoms with van der Waals surface area (Å²) in [7, 11) is 0. The second-order valence-electron chi connectivity index (χ2n) is 5.24. The van der Waals surface area contributed by atoms with Gasteiger partial charge in [-0.2, -0.15) is 0 Å². The molecule has 3 heteroatoms. The normalized spacial score (nSPS) is 10.4. The fraction of sp³-hybridized carbons (Fsp3) is 0.611. The Morgan fingerprint density at radius 2 is 1.62 bits per heavy atom. The van der Waals surface area contributed by atoms with Crippen LogP contribution in [0.1, 0.15) is 57.9 Å². The van der Waals surface area contributed by atoms with E-state index in [0.717, 1.165) is 24.3 Å². The van der Waals surface area contributed by atoms with Crippen molar-refractivity contribution < 1.29 is 14.3 Å². The summed E-state index contributed by atoms with van der Waals surface area (Å²) in [6.45, 7) is 5.24. The molecule has 0 aliphatic heterocycles. The van der Waals surface area contributed by atoms with E-state index in [9.17, 15) is 4.79 Å². The maximum absolute atomic E-state index is 11.4. The molecule has 1 aromatic rings. The van der Waals surface area contributed by atoms with Crippen molar-refractivity contribution in [2.75, 3.05) is 13.2 Å². The van der Waals surface area contributed by atoms with Gasteiger partial charge in [-0.15, -0.1) is 0 Å². The summed E-state index contributed by atoms with van der Waals surface area (Å²) in [5.74, 6) is 0.689. The van der Waals surface area contributed by atoms with Crippen LogP contribution in [0.2, 0.25) is 0 Å². The van der Waals surface area contributed by atoms with Gasteiger partial charge in [-0.25, -0.2) is 0 Å². The molecule has 0 heterocycles. The summed E-state index contributed by atoms with van der Waals surface area (Å²) in [5, 5.41) is 0. The predicted molar refractivity (Wildman–Crippen MR) is 85.7 cm³/mol. The van der Waals surface area contributed by atoms with E-state index in [-0.39, 0.29) is 5.97 Å². The quantitative estimate of drug-likeness (QED) is 0.444. The lowest BCUT2D eigenvalue weighted by Gasteiger charge is -2.07. The van der Waals surface area contributed by atoms with Gasteiger partial charge in [0.1, 0.15) is 5.75 Å². The van der Waals surface area contributed by atoms with E-state index in [2.05, 4.69) is 6.92 Å². The lowest BCUT2D eigenvalue weighted by atomic mass is 10.1. The molecule has 0 fully saturated rings. The zero-order valence-corrected chi connectivity index (χ0v) is 13.4. The first kappa shape index (κ1) is 17.5. The monoisotopic (exact) mass is 292 g/mol. The third-order valence-corrected chi connectivity index (χ3v) is 3.34. The lowest BCUT2D eigenvalue weighted by molar-refractivity contribution is -0.142. The van der Waals surface area contributed by atoms with Gasteiger partial charge in [-0.3, -0.25) is 4.79 Å². The summed E-state index contributed by atoms with van der Waals surface area (Å²) in [6, 6.07) is 7.69.